The average molecular weight is 382 g/mol. The molecular weight excluding hydrogens is 356 g/mol. The smallest absolute Gasteiger partial charge is 0.253 e. The summed E-state index contributed by atoms with van der Waals surface area (Å²) < 4.78 is 1.39. The number of amides is 1. The summed E-state index contributed by atoms with van der Waals surface area (Å²) >= 11 is 0. The van der Waals surface area contributed by atoms with Crippen molar-refractivity contribution in [3.63, 3.8) is 0 Å². The van der Waals surface area contributed by atoms with Gasteiger partial charge in [-0.1, -0.05) is 13.3 Å². The van der Waals surface area contributed by atoms with Crippen molar-refractivity contribution in [2.45, 2.75) is 45.6 Å². The van der Waals surface area contributed by atoms with E-state index < -0.39 is 0 Å². The van der Waals surface area contributed by atoms with E-state index >= 15 is 0 Å². The lowest BCUT2D eigenvalue weighted by atomic mass is 10.2. The van der Waals surface area contributed by atoms with Gasteiger partial charge in [-0.15, -0.1) is 5.10 Å². The summed E-state index contributed by atoms with van der Waals surface area (Å²) in [5.41, 5.74) is 3.04. The number of nitrogens with zero attached hydrogens (tertiary/aromatic N) is 6. The molecule has 1 aliphatic carbocycles. The van der Waals surface area contributed by atoms with E-state index in [4.69, 9.17) is 0 Å². The quantitative estimate of drug-likeness (QED) is 0.761. The van der Waals surface area contributed by atoms with Crippen molar-refractivity contribution in [1.82, 2.24) is 24.6 Å². The summed E-state index contributed by atoms with van der Waals surface area (Å²) in [4.78, 5) is 33.1. The van der Waals surface area contributed by atoms with E-state index in [1.165, 1.54) is 22.5 Å². The molecule has 0 radical (unpaired) electrons. The van der Waals surface area contributed by atoms with Crippen molar-refractivity contribution in [3.8, 4) is 0 Å². The van der Waals surface area contributed by atoms with Crippen molar-refractivity contribution < 1.29 is 4.79 Å². The molecule has 8 nitrogen and oxygen atoms in total. The summed E-state index contributed by atoms with van der Waals surface area (Å²) in [6.45, 7) is 4.77. The van der Waals surface area contributed by atoms with Crippen LogP contribution in [0.1, 0.15) is 36.7 Å². The first-order chi connectivity index (χ1) is 13.6. The summed E-state index contributed by atoms with van der Waals surface area (Å²) in [5.74, 6) is 0.853. The summed E-state index contributed by atoms with van der Waals surface area (Å²) in [6.07, 6.45) is 6.46. The molecule has 4 rings (SSSR count). The van der Waals surface area contributed by atoms with Crippen LogP contribution in [-0.4, -0.2) is 56.7 Å². The Hall–Kier alpha value is -2.77. The normalized spacial score (nSPS) is 16.3. The van der Waals surface area contributed by atoms with Crippen LogP contribution in [-0.2, 0) is 30.6 Å². The zero-order valence-corrected chi connectivity index (χ0v) is 16.3. The van der Waals surface area contributed by atoms with Crippen LogP contribution in [0.4, 0.5) is 5.82 Å². The van der Waals surface area contributed by atoms with Crippen LogP contribution in [0.25, 0.3) is 0 Å². The van der Waals surface area contributed by atoms with Crippen molar-refractivity contribution in [2.24, 2.45) is 0 Å². The van der Waals surface area contributed by atoms with Gasteiger partial charge in [0.05, 0.1) is 12.0 Å². The molecule has 28 heavy (non-hydrogen) atoms. The maximum absolute atomic E-state index is 12.6. The van der Waals surface area contributed by atoms with Gasteiger partial charge in [-0.25, -0.2) is 4.98 Å². The van der Waals surface area contributed by atoms with E-state index in [9.17, 15) is 9.59 Å². The van der Waals surface area contributed by atoms with Crippen LogP contribution in [0.5, 0.6) is 0 Å². The van der Waals surface area contributed by atoms with E-state index in [0.29, 0.717) is 13.1 Å². The van der Waals surface area contributed by atoms with Gasteiger partial charge in [-0.3, -0.25) is 14.2 Å². The largest absolute Gasteiger partial charge is 0.352 e. The zero-order chi connectivity index (χ0) is 19.5. The third-order valence-electron chi connectivity index (χ3n) is 5.51. The third kappa shape index (κ3) is 3.90. The van der Waals surface area contributed by atoms with Crippen LogP contribution in [0.3, 0.4) is 0 Å². The number of hydrogen-bond donors (Lipinski definition) is 0. The molecule has 2 aliphatic rings. The number of carbonyl (C=O) groups is 1. The number of piperazine rings is 1. The Kier molecular flexibility index (Phi) is 5.36. The van der Waals surface area contributed by atoms with Gasteiger partial charge in [-0.05, 0) is 37.3 Å². The van der Waals surface area contributed by atoms with E-state index in [1.807, 2.05) is 11.8 Å². The molecule has 0 saturated carbocycles. The molecule has 2 aromatic heterocycles. The average Bonchev–Trinajstić information content (AvgIpc) is 3.18. The van der Waals surface area contributed by atoms with Gasteiger partial charge in [0.25, 0.3) is 5.56 Å². The standard InChI is InChI=1S/C20H26N6O2/c1-2-4-16-12-19(27)26(14-21-16)13-20(28)25-9-7-24(8-10-25)18-11-15-5-3-6-17(15)22-23-18/h11-12,14H,2-10,13H2,1H3. The molecule has 0 bridgehead atoms. The second-order valence-electron chi connectivity index (χ2n) is 7.49. The second kappa shape index (κ2) is 8.08. The van der Waals surface area contributed by atoms with Gasteiger partial charge >= 0.3 is 0 Å². The van der Waals surface area contributed by atoms with Gasteiger partial charge in [0.15, 0.2) is 5.82 Å². The van der Waals surface area contributed by atoms with Gasteiger partial charge in [0.1, 0.15) is 6.54 Å². The molecule has 1 amide bonds. The van der Waals surface area contributed by atoms with Gasteiger partial charge in [-0.2, -0.15) is 5.10 Å². The Bertz CT molecular complexity index is 917. The van der Waals surface area contributed by atoms with Crippen LogP contribution in [0.2, 0.25) is 0 Å². The van der Waals surface area contributed by atoms with Gasteiger partial charge in [0.2, 0.25) is 5.91 Å². The molecule has 0 atom stereocenters. The molecule has 0 unspecified atom stereocenters. The number of carbonyl (C=O) groups excluding carboxylic acids is 1. The number of hydrogen-bond acceptors (Lipinski definition) is 6. The van der Waals surface area contributed by atoms with Crippen LogP contribution >= 0.6 is 0 Å². The molecule has 2 aromatic rings. The van der Waals surface area contributed by atoms with E-state index in [0.717, 1.165) is 62.4 Å². The van der Waals surface area contributed by atoms with E-state index in [1.54, 1.807) is 0 Å². The fourth-order valence-corrected chi connectivity index (χ4v) is 3.88. The molecule has 0 spiro atoms. The van der Waals surface area contributed by atoms with Gasteiger partial charge in [0, 0.05) is 37.9 Å². The molecular formula is C20H26N6O2. The topological polar surface area (TPSA) is 84.2 Å². The minimum atomic E-state index is -0.168. The summed E-state index contributed by atoms with van der Waals surface area (Å²) in [5, 5.41) is 8.72. The first-order valence-corrected chi connectivity index (χ1v) is 10.1. The Morgan fingerprint density at radius 2 is 1.93 bits per heavy atom. The Morgan fingerprint density at radius 1 is 1.11 bits per heavy atom. The highest BCUT2D eigenvalue weighted by atomic mass is 16.2. The first-order valence-electron chi connectivity index (χ1n) is 10.1. The fourth-order valence-electron chi connectivity index (χ4n) is 3.88. The molecule has 0 aromatic carbocycles. The second-order valence-corrected chi connectivity index (χ2v) is 7.49. The maximum atomic E-state index is 12.6. The Labute approximate surface area is 164 Å². The maximum Gasteiger partial charge on any atom is 0.253 e. The minimum Gasteiger partial charge on any atom is -0.352 e. The molecule has 1 saturated heterocycles. The lowest BCUT2D eigenvalue weighted by molar-refractivity contribution is -0.132. The fraction of sp³-hybridized carbons (Fsp3) is 0.550. The lowest BCUT2D eigenvalue weighted by Gasteiger charge is -2.35. The zero-order valence-electron chi connectivity index (χ0n) is 16.3. The third-order valence-corrected chi connectivity index (χ3v) is 5.51. The highest BCUT2D eigenvalue weighted by molar-refractivity contribution is 5.76. The molecule has 3 heterocycles. The van der Waals surface area contributed by atoms with Gasteiger partial charge < -0.3 is 9.80 Å². The SMILES string of the molecule is CCCc1cc(=O)n(CC(=O)N2CCN(c3cc4c(nn3)CCC4)CC2)cn1. The van der Waals surface area contributed by atoms with Crippen molar-refractivity contribution in [3.05, 3.63) is 45.8 Å². The number of fused-ring (bicyclic) bond motifs is 1. The number of anilines is 1. The van der Waals surface area contributed by atoms with Crippen LogP contribution < -0.4 is 10.5 Å². The van der Waals surface area contributed by atoms with E-state index in [2.05, 4.69) is 26.1 Å². The molecule has 148 valence electrons. The number of aryl methyl sites for hydroxylation is 3. The molecule has 1 aliphatic heterocycles. The van der Waals surface area contributed by atoms with E-state index in [-0.39, 0.29) is 18.0 Å². The minimum absolute atomic E-state index is 0.0386. The summed E-state index contributed by atoms with van der Waals surface area (Å²) in [7, 11) is 0. The molecule has 1 fully saturated rings. The Balaban J connectivity index is 1.34. The van der Waals surface area contributed by atoms with Crippen molar-refractivity contribution >= 4 is 11.7 Å². The predicted octanol–water partition coefficient (Wildman–Crippen LogP) is 0.823. The van der Waals surface area contributed by atoms with Crippen LogP contribution in [0.15, 0.2) is 23.3 Å². The number of aromatic nitrogens is 4. The lowest BCUT2D eigenvalue weighted by Crippen LogP contribution is -2.50. The highest BCUT2D eigenvalue weighted by Crippen LogP contribution is 2.23. The van der Waals surface area contributed by atoms with Crippen LogP contribution in [0, 0.1) is 0 Å². The highest BCUT2D eigenvalue weighted by Gasteiger charge is 2.24. The summed E-state index contributed by atoms with van der Waals surface area (Å²) in [6, 6.07) is 3.68. The monoisotopic (exact) mass is 382 g/mol. The number of rotatable bonds is 5. The predicted molar refractivity (Wildman–Crippen MR) is 105 cm³/mol. The van der Waals surface area contributed by atoms with Crippen molar-refractivity contribution in [2.75, 3.05) is 31.1 Å². The molecule has 8 heteroatoms. The molecule has 0 N–H and O–H groups in total. The Morgan fingerprint density at radius 3 is 2.68 bits per heavy atom. The van der Waals surface area contributed by atoms with Crippen molar-refractivity contribution in [1.29, 1.82) is 0 Å². The first kappa shape index (κ1) is 18.6.